The molecule has 0 bridgehead atoms. The molecule has 7 nitrogen and oxygen atoms in total. The summed E-state index contributed by atoms with van der Waals surface area (Å²) in [5.74, 6) is 0.149. The minimum atomic E-state index is -3.14. The van der Waals surface area contributed by atoms with Gasteiger partial charge in [0.15, 0.2) is 0 Å². The first kappa shape index (κ1) is 15.7. The van der Waals surface area contributed by atoms with Crippen LogP contribution in [0.2, 0.25) is 0 Å². The lowest BCUT2D eigenvalue weighted by Gasteiger charge is -2.38. The Hall–Kier alpha value is -1.17. The van der Waals surface area contributed by atoms with Crippen LogP contribution in [0.5, 0.6) is 0 Å². The molecule has 1 unspecified atom stereocenters. The molecule has 0 aromatic heterocycles. The molecule has 0 radical (unpaired) electrons. The number of nitrogens with zero attached hydrogens (tertiary/aromatic N) is 4. The molecular weight excluding hydrogens is 304 g/mol. The highest BCUT2D eigenvalue weighted by Gasteiger charge is 2.38. The van der Waals surface area contributed by atoms with Crippen molar-refractivity contribution in [3.05, 3.63) is 0 Å². The molecule has 0 aromatic rings. The van der Waals surface area contributed by atoms with E-state index >= 15 is 0 Å². The lowest BCUT2D eigenvalue weighted by atomic mass is 10.1. The van der Waals surface area contributed by atoms with Gasteiger partial charge in [0.1, 0.15) is 6.04 Å². The van der Waals surface area contributed by atoms with Crippen molar-refractivity contribution in [3.8, 4) is 6.07 Å². The minimum Gasteiger partial charge on any atom is -0.339 e. The predicted molar refractivity (Wildman–Crippen MR) is 80.3 cm³/mol. The maximum absolute atomic E-state index is 12.3. The average Bonchev–Trinajstić information content (AvgIpc) is 3.28. The number of hydrogen-bond acceptors (Lipinski definition) is 5. The Morgan fingerprint density at radius 1 is 1.23 bits per heavy atom. The highest BCUT2D eigenvalue weighted by atomic mass is 32.2. The van der Waals surface area contributed by atoms with Crippen molar-refractivity contribution < 1.29 is 13.2 Å². The Morgan fingerprint density at radius 3 is 2.59 bits per heavy atom. The first-order valence-corrected chi connectivity index (χ1v) is 9.53. The van der Waals surface area contributed by atoms with Gasteiger partial charge in [-0.3, -0.25) is 9.69 Å². The maximum Gasteiger partial charge on any atom is 0.224 e. The summed E-state index contributed by atoms with van der Waals surface area (Å²) in [4.78, 5) is 16.2. The predicted octanol–water partition coefficient (Wildman–Crippen LogP) is -0.389. The van der Waals surface area contributed by atoms with Crippen LogP contribution in [-0.4, -0.2) is 79.0 Å². The van der Waals surface area contributed by atoms with Crippen molar-refractivity contribution in [1.82, 2.24) is 14.1 Å². The summed E-state index contributed by atoms with van der Waals surface area (Å²) in [6.45, 7) is 2.61. The molecule has 0 spiro atoms. The Bertz CT molecular complexity index is 581. The van der Waals surface area contributed by atoms with E-state index in [-0.39, 0.29) is 30.7 Å². The van der Waals surface area contributed by atoms with E-state index in [9.17, 15) is 18.5 Å². The standard InChI is InChI=1S/C14H22N4O3S/c15-10-13-11-16(7-8-18(13)12-2-3-12)14(19)4-6-17-5-1-9-22(17,20)21/h12-13H,1-9,11H2. The van der Waals surface area contributed by atoms with E-state index in [1.54, 1.807) is 4.90 Å². The third kappa shape index (κ3) is 3.26. The molecule has 1 amide bonds. The van der Waals surface area contributed by atoms with Crippen molar-refractivity contribution in [2.24, 2.45) is 0 Å². The van der Waals surface area contributed by atoms with Crippen LogP contribution in [-0.2, 0) is 14.8 Å². The zero-order valence-corrected chi connectivity index (χ0v) is 13.5. The van der Waals surface area contributed by atoms with Crippen LogP contribution in [0.1, 0.15) is 25.7 Å². The summed E-state index contributed by atoms with van der Waals surface area (Å²) < 4.78 is 24.9. The summed E-state index contributed by atoms with van der Waals surface area (Å²) in [5.41, 5.74) is 0. The van der Waals surface area contributed by atoms with Gasteiger partial charge in [-0.15, -0.1) is 0 Å². The molecule has 2 aliphatic heterocycles. The number of amides is 1. The highest BCUT2D eigenvalue weighted by Crippen LogP contribution is 2.30. The fourth-order valence-corrected chi connectivity index (χ4v) is 4.83. The van der Waals surface area contributed by atoms with E-state index in [2.05, 4.69) is 11.0 Å². The number of sulfonamides is 1. The van der Waals surface area contributed by atoms with Gasteiger partial charge in [-0.25, -0.2) is 12.7 Å². The monoisotopic (exact) mass is 326 g/mol. The van der Waals surface area contributed by atoms with Crippen LogP contribution < -0.4 is 0 Å². The largest absolute Gasteiger partial charge is 0.339 e. The Morgan fingerprint density at radius 2 is 2.00 bits per heavy atom. The number of piperazine rings is 1. The fraction of sp³-hybridized carbons (Fsp3) is 0.857. The lowest BCUT2D eigenvalue weighted by molar-refractivity contribution is -0.133. The van der Waals surface area contributed by atoms with Crippen molar-refractivity contribution in [1.29, 1.82) is 5.26 Å². The number of carbonyl (C=O) groups is 1. The molecule has 3 fully saturated rings. The third-order valence-electron chi connectivity index (χ3n) is 4.72. The van der Waals surface area contributed by atoms with Gasteiger partial charge in [0.2, 0.25) is 15.9 Å². The van der Waals surface area contributed by atoms with Gasteiger partial charge in [-0.1, -0.05) is 0 Å². The van der Waals surface area contributed by atoms with Gasteiger partial charge in [-0.05, 0) is 19.3 Å². The second-order valence-corrected chi connectivity index (χ2v) is 8.36. The van der Waals surface area contributed by atoms with E-state index in [0.29, 0.717) is 32.1 Å². The van der Waals surface area contributed by atoms with Crippen LogP contribution in [0.15, 0.2) is 0 Å². The SMILES string of the molecule is N#CC1CN(C(=O)CCN2CCCS2(=O)=O)CCN1C1CC1. The molecule has 122 valence electrons. The second-order valence-electron chi connectivity index (χ2n) is 6.27. The van der Waals surface area contributed by atoms with Crippen LogP contribution >= 0.6 is 0 Å². The van der Waals surface area contributed by atoms with Crippen LogP contribution in [0, 0.1) is 11.3 Å². The zero-order valence-electron chi connectivity index (χ0n) is 12.6. The molecule has 8 heteroatoms. The highest BCUT2D eigenvalue weighted by molar-refractivity contribution is 7.89. The topological polar surface area (TPSA) is 84.7 Å². The average molecular weight is 326 g/mol. The van der Waals surface area contributed by atoms with Crippen LogP contribution in [0.4, 0.5) is 0 Å². The molecule has 3 aliphatic rings. The zero-order chi connectivity index (χ0) is 15.7. The van der Waals surface area contributed by atoms with E-state index in [0.717, 1.165) is 19.4 Å². The molecule has 1 aliphatic carbocycles. The van der Waals surface area contributed by atoms with Gasteiger partial charge in [-0.2, -0.15) is 5.26 Å². The van der Waals surface area contributed by atoms with Crippen LogP contribution in [0.25, 0.3) is 0 Å². The first-order valence-electron chi connectivity index (χ1n) is 7.92. The Balaban J connectivity index is 1.51. The number of nitriles is 1. The molecule has 0 aromatic carbocycles. The molecule has 22 heavy (non-hydrogen) atoms. The Labute approximate surface area is 131 Å². The summed E-state index contributed by atoms with van der Waals surface area (Å²) in [5, 5.41) is 9.29. The van der Waals surface area contributed by atoms with E-state index in [1.807, 2.05) is 0 Å². The molecule has 0 N–H and O–H groups in total. The lowest BCUT2D eigenvalue weighted by Crippen LogP contribution is -2.55. The fourth-order valence-electron chi connectivity index (χ4n) is 3.30. The van der Waals surface area contributed by atoms with Gasteiger partial charge < -0.3 is 4.90 Å². The first-order chi connectivity index (χ1) is 10.5. The third-order valence-corrected chi connectivity index (χ3v) is 6.67. The summed E-state index contributed by atoms with van der Waals surface area (Å²) in [6, 6.07) is 2.60. The minimum absolute atomic E-state index is 0.0437. The van der Waals surface area contributed by atoms with Crippen molar-refractivity contribution in [3.63, 3.8) is 0 Å². The van der Waals surface area contributed by atoms with Crippen molar-refractivity contribution in [2.45, 2.75) is 37.8 Å². The molecular formula is C14H22N4O3S. The number of hydrogen-bond donors (Lipinski definition) is 0. The van der Waals surface area contributed by atoms with Gasteiger partial charge in [0.25, 0.3) is 0 Å². The molecule has 1 saturated carbocycles. The summed E-state index contributed by atoms with van der Waals surface area (Å²) in [6.07, 6.45) is 3.16. The van der Waals surface area contributed by atoms with Crippen molar-refractivity contribution in [2.75, 3.05) is 38.5 Å². The summed E-state index contributed by atoms with van der Waals surface area (Å²) >= 11 is 0. The van der Waals surface area contributed by atoms with Gasteiger partial charge in [0, 0.05) is 45.2 Å². The molecule has 3 rings (SSSR count). The Kier molecular flexibility index (Phi) is 4.39. The van der Waals surface area contributed by atoms with Crippen molar-refractivity contribution >= 4 is 15.9 Å². The van der Waals surface area contributed by atoms with E-state index in [4.69, 9.17) is 0 Å². The van der Waals surface area contributed by atoms with Crippen LogP contribution in [0.3, 0.4) is 0 Å². The number of carbonyl (C=O) groups excluding carboxylic acids is 1. The van der Waals surface area contributed by atoms with Gasteiger partial charge in [0.05, 0.1) is 11.8 Å². The second kappa shape index (κ2) is 6.14. The molecule has 1 atom stereocenters. The normalized spacial score (nSPS) is 29.4. The number of rotatable bonds is 4. The van der Waals surface area contributed by atoms with Gasteiger partial charge >= 0.3 is 0 Å². The quantitative estimate of drug-likeness (QED) is 0.702. The smallest absolute Gasteiger partial charge is 0.224 e. The van der Waals surface area contributed by atoms with E-state index in [1.165, 1.54) is 4.31 Å². The molecule has 2 heterocycles. The molecule has 2 saturated heterocycles. The maximum atomic E-state index is 12.3. The van der Waals surface area contributed by atoms with E-state index < -0.39 is 10.0 Å². The summed E-state index contributed by atoms with van der Waals surface area (Å²) in [7, 11) is -3.14.